The number of methoxy groups -OCH3 is 2. The Labute approximate surface area is 213 Å². The molecule has 1 N–H and O–H groups in total. The van der Waals surface area contributed by atoms with Gasteiger partial charge in [-0.15, -0.1) is 0 Å². The van der Waals surface area contributed by atoms with Gasteiger partial charge in [0.05, 0.1) is 32.4 Å². The molecule has 1 saturated carbocycles. The fourth-order valence-electron chi connectivity index (χ4n) is 6.17. The summed E-state index contributed by atoms with van der Waals surface area (Å²) in [5.74, 6) is 1.08. The number of nitrogens with zero attached hydrogens (tertiary/aromatic N) is 2. The van der Waals surface area contributed by atoms with Crippen molar-refractivity contribution in [2.45, 2.75) is 88.9 Å². The van der Waals surface area contributed by atoms with Crippen LogP contribution in [0.3, 0.4) is 0 Å². The summed E-state index contributed by atoms with van der Waals surface area (Å²) in [6, 6.07) is 5.71. The first-order valence-electron chi connectivity index (χ1n) is 13.4. The molecular formula is C28H39N3O5. The molecule has 1 aromatic heterocycles. The summed E-state index contributed by atoms with van der Waals surface area (Å²) < 4.78 is 19.1. The van der Waals surface area contributed by atoms with E-state index < -0.39 is 5.54 Å². The molecule has 3 aliphatic rings. The third-order valence-electron chi connectivity index (χ3n) is 8.29. The smallest absolute Gasteiger partial charge is 0.271 e. The van der Waals surface area contributed by atoms with Crippen LogP contribution >= 0.6 is 0 Å². The molecule has 0 radical (unpaired) electrons. The van der Waals surface area contributed by atoms with Crippen molar-refractivity contribution in [1.82, 2.24) is 14.8 Å². The molecule has 36 heavy (non-hydrogen) atoms. The molecule has 1 saturated heterocycles. The first-order chi connectivity index (χ1) is 17.5. The predicted octanol–water partition coefficient (Wildman–Crippen LogP) is 4.28. The van der Waals surface area contributed by atoms with Gasteiger partial charge in [-0.25, -0.2) is 0 Å². The Morgan fingerprint density at radius 2 is 1.75 bits per heavy atom. The lowest BCUT2D eigenvalue weighted by atomic mass is 9.91. The fourth-order valence-corrected chi connectivity index (χ4v) is 6.17. The molecule has 2 aliphatic heterocycles. The van der Waals surface area contributed by atoms with Gasteiger partial charge in [-0.05, 0) is 50.8 Å². The van der Waals surface area contributed by atoms with Crippen LogP contribution in [0.5, 0.6) is 11.5 Å². The normalized spacial score (nSPS) is 25.4. The van der Waals surface area contributed by atoms with Gasteiger partial charge >= 0.3 is 0 Å². The second-order valence-corrected chi connectivity index (χ2v) is 10.7. The Bertz CT molecular complexity index is 1110. The van der Waals surface area contributed by atoms with Crippen molar-refractivity contribution in [2.24, 2.45) is 0 Å². The summed E-state index contributed by atoms with van der Waals surface area (Å²) in [4.78, 5) is 29.9. The number of ether oxygens (including phenoxy) is 3. The average molecular weight is 498 g/mol. The monoisotopic (exact) mass is 497 g/mol. The Morgan fingerprint density at radius 3 is 2.42 bits per heavy atom. The number of nitrogens with one attached hydrogen (secondary N) is 1. The molecule has 2 atom stereocenters. The highest BCUT2D eigenvalue weighted by molar-refractivity contribution is 6.06. The summed E-state index contributed by atoms with van der Waals surface area (Å²) in [5.41, 5.74) is 0.266. The van der Waals surface area contributed by atoms with Crippen LogP contribution in [0.25, 0.3) is 10.9 Å². The van der Waals surface area contributed by atoms with Crippen LogP contribution in [0, 0.1) is 0 Å². The molecule has 0 unspecified atom stereocenters. The van der Waals surface area contributed by atoms with E-state index in [0.29, 0.717) is 36.9 Å². The molecule has 1 aliphatic carbocycles. The van der Waals surface area contributed by atoms with E-state index in [1.807, 2.05) is 29.7 Å². The maximum atomic E-state index is 14.1. The van der Waals surface area contributed by atoms with Gasteiger partial charge < -0.3 is 29.0 Å². The molecular weight excluding hydrogens is 458 g/mol. The summed E-state index contributed by atoms with van der Waals surface area (Å²) >= 11 is 0. The second-order valence-electron chi connectivity index (χ2n) is 10.7. The van der Waals surface area contributed by atoms with Crippen molar-refractivity contribution >= 4 is 22.7 Å². The molecule has 1 aromatic carbocycles. The number of aromatic nitrogens is 1. The van der Waals surface area contributed by atoms with Crippen LogP contribution in [0.15, 0.2) is 18.2 Å². The Kier molecular flexibility index (Phi) is 7.15. The highest BCUT2D eigenvalue weighted by atomic mass is 16.5. The van der Waals surface area contributed by atoms with Crippen molar-refractivity contribution in [1.29, 1.82) is 0 Å². The van der Waals surface area contributed by atoms with Gasteiger partial charge in [0.25, 0.3) is 5.91 Å². The van der Waals surface area contributed by atoms with Crippen molar-refractivity contribution in [3.8, 4) is 11.5 Å². The van der Waals surface area contributed by atoms with Gasteiger partial charge in [-0.1, -0.05) is 32.1 Å². The zero-order valence-corrected chi connectivity index (χ0v) is 21.8. The van der Waals surface area contributed by atoms with Crippen LogP contribution in [0.4, 0.5) is 0 Å². The van der Waals surface area contributed by atoms with Crippen molar-refractivity contribution in [3.63, 3.8) is 0 Å². The van der Waals surface area contributed by atoms with E-state index in [1.54, 1.807) is 19.1 Å². The number of carbonyl (C=O) groups is 2. The lowest BCUT2D eigenvalue weighted by molar-refractivity contribution is -0.134. The summed E-state index contributed by atoms with van der Waals surface area (Å²) in [5, 5.41) is 4.16. The number of fused-ring (bicyclic) bond motifs is 3. The summed E-state index contributed by atoms with van der Waals surface area (Å²) in [6.07, 6.45) is 9.77. The van der Waals surface area contributed by atoms with E-state index in [4.69, 9.17) is 14.2 Å². The van der Waals surface area contributed by atoms with E-state index >= 15 is 0 Å². The molecule has 196 valence electrons. The average Bonchev–Trinajstić information content (AvgIpc) is 3.51. The minimum absolute atomic E-state index is 0.0533. The predicted molar refractivity (Wildman–Crippen MR) is 138 cm³/mol. The van der Waals surface area contributed by atoms with E-state index in [-0.39, 0.29) is 24.0 Å². The van der Waals surface area contributed by atoms with Gasteiger partial charge in [0.15, 0.2) is 0 Å². The third kappa shape index (κ3) is 4.44. The summed E-state index contributed by atoms with van der Waals surface area (Å²) in [6.45, 7) is 3.35. The van der Waals surface area contributed by atoms with E-state index in [1.165, 1.54) is 19.3 Å². The highest BCUT2D eigenvalue weighted by Crippen LogP contribution is 2.40. The van der Waals surface area contributed by atoms with E-state index in [0.717, 1.165) is 49.4 Å². The lowest BCUT2D eigenvalue weighted by Crippen LogP contribution is -2.66. The lowest BCUT2D eigenvalue weighted by Gasteiger charge is -2.45. The first kappa shape index (κ1) is 24.9. The number of hydrogen-bond acceptors (Lipinski definition) is 5. The molecule has 8 nitrogen and oxygen atoms in total. The number of amides is 2. The molecule has 0 bridgehead atoms. The quantitative estimate of drug-likeness (QED) is 0.644. The zero-order valence-electron chi connectivity index (χ0n) is 21.8. The first-order valence-corrected chi connectivity index (χ1v) is 13.4. The number of hydrogen-bond donors (Lipinski definition) is 1. The largest absolute Gasteiger partial charge is 0.496 e. The molecule has 2 amide bonds. The van der Waals surface area contributed by atoms with Gasteiger partial charge in [-0.2, -0.15) is 0 Å². The van der Waals surface area contributed by atoms with Gasteiger partial charge in [0.1, 0.15) is 22.7 Å². The van der Waals surface area contributed by atoms with Crippen LogP contribution in [0.2, 0.25) is 0 Å². The number of rotatable bonds is 6. The fraction of sp³-hybridized carbons (Fsp3) is 0.643. The standard InChI is InChI=1S/C28H39N3O5/c1-28(27(33)29-19-10-7-5-4-6-8-11-19)18-30-22(26(32)31(28)17-20-12-9-15-36-20)16-21-23(34-2)13-14-24(35-3)25(21)30/h13-14,16,19-20H,4-12,15,17-18H2,1-3H3,(H,29,33)/t20-,28-/m1/s1. The molecule has 2 aromatic rings. The maximum absolute atomic E-state index is 14.1. The van der Waals surface area contributed by atoms with Crippen LogP contribution in [0.1, 0.15) is 75.2 Å². The maximum Gasteiger partial charge on any atom is 0.271 e. The van der Waals surface area contributed by atoms with E-state index in [2.05, 4.69) is 5.32 Å². The third-order valence-corrected chi connectivity index (χ3v) is 8.29. The minimum atomic E-state index is -1.06. The molecule has 5 rings (SSSR count). The topological polar surface area (TPSA) is 82.0 Å². The Morgan fingerprint density at radius 1 is 1.06 bits per heavy atom. The molecule has 0 spiro atoms. The van der Waals surface area contributed by atoms with Crippen molar-refractivity contribution < 1.29 is 23.8 Å². The zero-order chi connectivity index (χ0) is 25.3. The Hall–Kier alpha value is -2.74. The van der Waals surface area contributed by atoms with Crippen LogP contribution in [-0.2, 0) is 16.1 Å². The van der Waals surface area contributed by atoms with Crippen molar-refractivity contribution in [3.05, 3.63) is 23.9 Å². The van der Waals surface area contributed by atoms with E-state index in [9.17, 15) is 9.59 Å². The van der Waals surface area contributed by atoms with Crippen LogP contribution in [-0.4, -0.2) is 66.3 Å². The van der Waals surface area contributed by atoms with Gasteiger partial charge in [-0.3, -0.25) is 9.59 Å². The SMILES string of the molecule is COc1ccc(OC)c2c1cc1n2C[C@](C)(C(=O)NC2CCCCCCC2)N(C[C@H]2CCCO2)C1=O. The van der Waals surface area contributed by atoms with Crippen molar-refractivity contribution in [2.75, 3.05) is 27.4 Å². The van der Waals surface area contributed by atoms with Gasteiger partial charge in [0.2, 0.25) is 5.91 Å². The van der Waals surface area contributed by atoms with Crippen LogP contribution < -0.4 is 14.8 Å². The Balaban J connectivity index is 1.55. The number of benzene rings is 1. The van der Waals surface area contributed by atoms with Gasteiger partial charge in [0, 0.05) is 24.6 Å². The second kappa shape index (κ2) is 10.3. The minimum Gasteiger partial charge on any atom is -0.496 e. The molecule has 2 fully saturated rings. The number of carbonyl (C=O) groups excluding carboxylic acids is 2. The molecule has 8 heteroatoms. The molecule has 3 heterocycles. The summed E-state index contributed by atoms with van der Waals surface area (Å²) in [7, 11) is 3.24. The highest BCUT2D eigenvalue weighted by Gasteiger charge is 2.49.